The number of hydrogen-bond donors (Lipinski definition) is 0. The third-order valence-electron chi connectivity index (χ3n) is 5.05. The summed E-state index contributed by atoms with van der Waals surface area (Å²) in [5.41, 5.74) is 1.64. The highest BCUT2D eigenvalue weighted by atomic mass is 31.2. The smallest absolute Gasteiger partial charge is 0.493 e. The zero-order valence-electron chi connectivity index (χ0n) is 21.5. The van der Waals surface area contributed by atoms with Gasteiger partial charge in [-0.25, -0.2) is 4.57 Å². The van der Waals surface area contributed by atoms with E-state index in [1.807, 2.05) is 44.2 Å². The Kier molecular flexibility index (Phi) is 12.0. The normalized spacial score (nSPS) is 11.5. The van der Waals surface area contributed by atoms with Crippen molar-refractivity contribution in [3.63, 3.8) is 0 Å². The molecule has 8 nitrogen and oxygen atoms in total. The Morgan fingerprint density at radius 3 is 1.69 bits per heavy atom. The third kappa shape index (κ3) is 8.49. The van der Waals surface area contributed by atoms with E-state index in [2.05, 4.69) is 0 Å². The fourth-order valence-electron chi connectivity index (χ4n) is 3.11. The molecule has 2 rings (SSSR count). The van der Waals surface area contributed by atoms with Crippen molar-refractivity contribution in [1.29, 1.82) is 0 Å². The van der Waals surface area contributed by atoms with E-state index in [9.17, 15) is 4.57 Å². The molecule has 0 saturated carbocycles. The van der Waals surface area contributed by atoms with Gasteiger partial charge in [-0.1, -0.05) is 44.9 Å². The van der Waals surface area contributed by atoms with Crippen molar-refractivity contribution in [3.05, 3.63) is 41.5 Å². The van der Waals surface area contributed by atoms with Gasteiger partial charge in [-0.05, 0) is 48.2 Å². The topological polar surface area (TPSA) is 81.7 Å². The van der Waals surface area contributed by atoms with Gasteiger partial charge in [0, 0.05) is 0 Å². The molecule has 9 heteroatoms. The van der Waals surface area contributed by atoms with Crippen LogP contribution in [0.2, 0.25) is 0 Å². The van der Waals surface area contributed by atoms with Crippen LogP contribution >= 0.6 is 7.82 Å². The molecule has 35 heavy (non-hydrogen) atoms. The van der Waals surface area contributed by atoms with Crippen LogP contribution in [0.4, 0.5) is 0 Å². The van der Waals surface area contributed by atoms with E-state index in [-0.39, 0.29) is 19.0 Å². The average Bonchev–Trinajstić information content (AvgIpc) is 2.87. The minimum atomic E-state index is -3.82. The molecule has 0 amide bonds. The average molecular weight is 509 g/mol. The number of rotatable bonds is 16. The number of hydrogen-bond acceptors (Lipinski definition) is 8. The molecular weight excluding hydrogens is 471 g/mol. The molecule has 0 fully saturated rings. The van der Waals surface area contributed by atoms with Gasteiger partial charge in [0.2, 0.25) is 5.75 Å². The highest BCUT2D eigenvalue weighted by Crippen LogP contribution is 2.52. The fraction of sp³-hybridized carbons (Fsp3) is 0.462. The lowest BCUT2D eigenvalue weighted by Crippen LogP contribution is -2.06. The Labute approximate surface area is 208 Å². The van der Waals surface area contributed by atoms with Crippen LogP contribution in [0, 0.1) is 0 Å². The first-order valence-corrected chi connectivity index (χ1v) is 13.1. The van der Waals surface area contributed by atoms with Crippen molar-refractivity contribution in [1.82, 2.24) is 0 Å². The summed E-state index contributed by atoms with van der Waals surface area (Å²) in [4.78, 5) is 0. The van der Waals surface area contributed by atoms with Gasteiger partial charge in [0.15, 0.2) is 23.0 Å². The summed E-state index contributed by atoms with van der Waals surface area (Å²) in [6.45, 7) is 4.62. The second-order valence-electron chi connectivity index (χ2n) is 7.61. The molecule has 0 bridgehead atoms. The fourth-order valence-corrected chi connectivity index (χ4v) is 4.38. The molecule has 0 unspecified atom stereocenters. The maximum atomic E-state index is 13.3. The lowest BCUT2D eigenvalue weighted by Gasteiger charge is -2.20. The van der Waals surface area contributed by atoms with Gasteiger partial charge in [0.1, 0.15) is 0 Å². The molecule has 0 aliphatic rings. The number of phosphoric ester groups is 1. The van der Waals surface area contributed by atoms with Crippen LogP contribution in [-0.2, 0) is 13.6 Å². The molecule has 0 aliphatic carbocycles. The first-order chi connectivity index (χ1) is 16.9. The SMILES string of the molecule is CCCCOP(=O)(OCCCC)Oc1cc(/C=C\c2cc(OC)c(OC)c(OC)c2)ccc1OC. The van der Waals surface area contributed by atoms with E-state index >= 15 is 0 Å². The number of benzene rings is 2. The molecule has 0 atom stereocenters. The first-order valence-electron chi connectivity index (χ1n) is 11.7. The van der Waals surface area contributed by atoms with E-state index in [1.54, 1.807) is 33.5 Å². The minimum absolute atomic E-state index is 0.274. The van der Waals surface area contributed by atoms with Gasteiger partial charge in [0.25, 0.3) is 0 Å². The van der Waals surface area contributed by atoms with Crippen molar-refractivity contribution >= 4 is 20.0 Å². The maximum absolute atomic E-state index is 13.3. The van der Waals surface area contributed by atoms with Crippen LogP contribution in [-0.4, -0.2) is 41.7 Å². The quantitative estimate of drug-likeness (QED) is 0.136. The van der Waals surface area contributed by atoms with E-state index < -0.39 is 7.82 Å². The van der Waals surface area contributed by atoms with Crippen LogP contribution in [0.15, 0.2) is 30.3 Å². The number of methoxy groups -OCH3 is 4. The lowest BCUT2D eigenvalue weighted by molar-refractivity contribution is 0.151. The standard InChI is InChI=1S/C26H37O8P/c1-7-9-15-32-35(27,33-16-10-8-2)34-23-17-20(13-14-22(23)28-3)11-12-21-18-24(29-4)26(31-6)25(19-21)30-5/h11-14,17-19H,7-10,15-16H2,1-6H3/b12-11-. The summed E-state index contributed by atoms with van der Waals surface area (Å²) in [5.74, 6) is 2.33. The second kappa shape index (κ2) is 14.7. The predicted molar refractivity (Wildman–Crippen MR) is 138 cm³/mol. The number of unbranched alkanes of at least 4 members (excludes halogenated alkanes) is 2. The Bertz CT molecular complexity index is 966. The molecular formula is C26H37O8P. The van der Waals surface area contributed by atoms with Crippen LogP contribution in [0.25, 0.3) is 12.2 Å². The van der Waals surface area contributed by atoms with Gasteiger partial charge in [-0.3, -0.25) is 9.05 Å². The van der Waals surface area contributed by atoms with Crippen molar-refractivity contribution in [2.24, 2.45) is 0 Å². The molecule has 0 radical (unpaired) electrons. The van der Waals surface area contributed by atoms with Gasteiger partial charge in [-0.2, -0.15) is 0 Å². The van der Waals surface area contributed by atoms with Crippen molar-refractivity contribution in [2.45, 2.75) is 39.5 Å². The molecule has 0 heterocycles. The lowest BCUT2D eigenvalue weighted by atomic mass is 10.1. The van der Waals surface area contributed by atoms with E-state index in [4.69, 9.17) is 32.5 Å². The summed E-state index contributed by atoms with van der Waals surface area (Å²) < 4.78 is 51.9. The van der Waals surface area contributed by atoms with E-state index in [0.29, 0.717) is 23.0 Å². The number of ether oxygens (including phenoxy) is 4. The van der Waals surface area contributed by atoms with Crippen LogP contribution in [0.1, 0.15) is 50.7 Å². The Morgan fingerprint density at radius 1 is 0.686 bits per heavy atom. The van der Waals surface area contributed by atoms with Gasteiger partial charge in [-0.15, -0.1) is 0 Å². The molecule has 0 aliphatic heterocycles. The van der Waals surface area contributed by atoms with Crippen molar-refractivity contribution in [3.8, 4) is 28.7 Å². The molecule has 0 aromatic heterocycles. The molecule has 0 spiro atoms. The summed E-state index contributed by atoms with van der Waals surface area (Å²) in [6.07, 6.45) is 7.08. The van der Waals surface area contributed by atoms with Gasteiger partial charge >= 0.3 is 7.82 Å². The molecule has 0 saturated heterocycles. The van der Waals surface area contributed by atoms with Crippen molar-refractivity contribution < 1.29 is 37.1 Å². The minimum Gasteiger partial charge on any atom is -0.493 e. The Morgan fingerprint density at radius 2 is 1.20 bits per heavy atom. The van der Waals surface area contributed by atoms with Crippen LogP contribution in [0.5, 0.6) is 28.7 Å². The maximum Gasteiger partial charge on any atom is 0.530 e. The Balaban J connectivity index is 2.33. The molecule has 194 valence electrons. The van der Waals surface area contributed by atoms with E-state index in [0.717, 1.165) is 36.8 Å². The van der Waals surface area contributed by atoms with Gasteiger partial charge in [0.05, 0.1) is 41.7 Å². The van der Waals surface area contributed by atoms with Gasteiger partial charge < -0.3 is 23.5 Å². The zero-order chi connectivity index (χ0) is 25.7. The number of phosphoric acid groups is 1. The third-order valence-corrected chi connectivity index (χ3v) is 6.47. The monoisotopic (exact) mass is 508 g/mol. The highest BCUT2D eigenvalue weighted by molar-refractivity contribution is 7.48. The molecule has 2 aromatic carbocycles. The molecule has 0 N–H and O–H groups in total. The summed E-state index contributed by atoms with van der Waals surface area (Å²) in [5, 5.41) is 0. The molecule has 2 aromatic rings. The highest BCUT2D eigenvalue weighted by Gasteiger charge is 2.30. The summed E-state index contributed by atoms with van der Waals surface area (Å²) in [6, 6.07) is 9.02. The van der Waals surface area contributed by atoms with E-state index in [1.165, 1.54) is 7.11 Å². The predicted octanol–water partition coefficient (Wildman–Crippen LogP) is 7.01. The largest absolute Gasteiger partial charge is 0.530 e. The van der Waals surface area contributed by atoms with Crippen LogP contribution < -0.4 is 23.5 Å². The zero-order valence-corrected chi connectivity index (χ0v) is 22.4. The van der Waals surface area contributed by atoms with Crippen LogP contribution in [0.3, 0.4) is 0 Å². The van der Waals surface area contributed by atoms with Crippen molar-refractivity contribution in [2.75, 3.05) is 41.7 Å². The summed E-state index contributed by atoms with van der Waals surface area (Å²) in [7, 11) is 2.41. The summed E-state index contributed by atoms with van der Waals surface area (Å²) >= 11 is 0. The first kappa shape index (κ1) is 28.6. The second-order valence-corrected chi connectivity index (χ2v) is 9.21. The Hall–Kier alpha value is -2.67.